The van der Waals surface area contributed by atoms with Gasteiger partial charge in [0, 0.05) is 34.8 Å². The number of aromatic nitrogens is 2. The summed E-state index contributed by atoms with van der Waals surface area (Å²) in [5.74, 6) is 1.21. The zero-order chi connectivity index (χ0) is 31.6. The van der Waals surface area contributed by atoms with Gasteiger partial charge in [-0.05, 0) is 48.9 Å². The fraction of sp³-hybridized carbons (Fsp3) is 0.333. The average Bonchev–Trinajstić information content (AvgIpc) is 3.05. The van der Waals surface area contributed by atoms with Crippen LogP contribution >= 0.6 is 0 Å². The summed E-state index contributed by atoms with van der Waals surface area (Å²) in [5, 5.41) is 9.17. The van der Waals surface area contributed by atoms with E-state index in [0.717, 1.165) is 53.7 Å². The van der Waals surface area contributed by atoms with Crippen LogP contribution in [0.2, 0.25) is 0 Å². The van der Waals surface area contributed by atoms with Crippen molar-refractivity contribution in [2.75, 3.05) is 63.7 Å². The van der Waals surface area contributed by atoms with Crippen molar-refractivity contribution in [2.45, 2.75) is 19.9 Å². The molecule has 3 aromatic carbocycles. The van der Waals surface area contributed by atoms with Gasteiger partial charge in [0.2, 0.25) is 12.3 Å². The van der Waals surface area contributed by atoms with Crippen LogP contribution in [-0.4, -0.2) is 79.9 Å². The number of rotatable bonds is 14. The number of aryl methyl sites for hydroxylation is 1. The molecule has 12 heteroatoms. The van der Waals surface area contributed by atoms with Gasteiger partial charge in [0.1, 0.15) is 37.6 Å². The highest BCUT2D eigenvalue weighted by molar-refractivity contribution is 5.93. The van der Waals surface area contributed by atoms with Crippen molar-refractivity contribution in [3.8, 4) is 11.5 Å². The van der Waals surface area contributed by atoms with Crippen molar-refractivity contribution in [3.63, 3.8) is 0 Å². The smallest absolute Gasteiger partial charge is 0.243 e. The van der Waals surface area contributed by atoms with Gasteiger partial charge in [-0.25, -0.2) is 14.4 Å². The van der Waals surface area contributed by atoms with Crippen LogP contribution < -0.4 is 25.4 Å². The summed E-state index contributed by atoms with van der Waals surface area (Å²) < 4.78 is 32.3. The Kier molecular flexibility index (Phi) is 10.4. The Bertz CT molecular complexity index is 1630. The molecule has 5 rings (SSSR count). The van der Waals surface area contributed by atoms with Gasteiger partial charge in [0.25, 0.3) is 0 Å². The zero-order valence-corrected chi connectivity index (χ0v) is 25.5. The molecule has 1 aliphatic rings. The Morgan fingerprint density at radius 1 is 1.04 bits per heavy atom. The number of halogens is 1. The first kappa shape index (κ1) is 31.6. The van der Waals surface area contributed by atoms with E-state index in [2.05, 4.69) is 25.9 Å². The lowest BCUT2D eigenvalue weighted by Crippen LogP contribution is -2.55. The number of hydrogen-bond acceptors (Lipinski definition) is 8. The summed E-state index contributed by atoms with van der Waals surface area (Å²) in [6, 6.07) is 16.3. The second-order valence-electron chi connectivity index (χ2n) is 11.1. The zero-order valence-electron chi connectivity index (χ0n) is 25.5. The molecule has 0 bridgehead atoms. The van der Waals surface area contributed by atoms with E-state index >= 15 is 0 Å². The van der Waals surface area contributed by atoms with Crippen LogP contribution in [0.4, 0.5) is 21.6 Å². The van der Waals surface area contributed by atoms with E-state index in [1.165, 1.54) is 12.4 Å². The van der Waals surface area contributed by atoms with Gasteiger partial charge in [0.15, 0.2) is 11.5 Å². The van der Waals surface area contributed by atoms with Crippen molar-refractivity contribution in [1.82, 2.24) is 15.3 Å². The van der Waals surface area contributed by atoms with E-state index in [0.29, 0.717) is 60.3 Å². The molecule has 0 aliphatic carbocycles. The van der Waals surface area contributed by atoms with Gasteiger partial charge < -0.3 is 34.6 Å². The Balaban J connectivity index is 1.24. The molecule has 2 heterocycles. The number of amides is 2. The predicted octanol–water partition coefficient (Wildman–Crippen LogP) is 4.33. The summed E-state index contributed by atoms with van der Waals surface area (Å²) in [7, 11) is 1.60. The maximum Gasteiger partial charge on any atom is 0.243 e. The number of fused-ring (bicyclic) bond motifs is 1. The van der Waals surface area contributed by atoms with Crippen LogP contribution in [-0.2, 0) is 20.9 Å². The summed E-state index contributed by atoms with van der Waals surface area (Å²) in [6.45, 7) is 7.04. The molecule has 3 N–H and O–H groups in total. The highest BCUT2D eigenvalue weighted by Gasteiger charge is 2.30. The number of benzene rings is 3. The van der Waals surface area contributed by atoms with Crippen molar-refractivity contribution in [3.05, 3.63) is 77.9 Å². The molecule has 1 aromatic heterocycles. The number of morpholine rings is 1. The number of nitrogens with zero attached hydrogens (tertiary/aromatic N) is 3. The summed E-state index contributed by atoms with van der Waals surface area (Å²) in [6.07, 6.45) is 2.78. The number of carbonyl (C=O) groups is 2. The number of nitrogens with one attached hydrogen (secondary N) is 3. The van der Waals surface area contributed by atoms with Gasteiger partial charge in [-0.2, -0.15) is 0 Å². The Morgan fingerprint density at radius 3 is 2.56 bits per heavy atom. The molecule has 11 nitrogen and oxygen atoms in total. The molecule has 0 spiro atoms. The van der Waals surface area contributed by atoms with Crippen molar-refractivity contribution in [1.29, 1.82) is 0 Å². The lowest BCUT2D eigenvalue weighted by molar-refractivity contribution is -0.947. The lowest BCUT2D eigenvalue weighted by atomic mass is 10.1. The largest absolute Gasteiger partial charge is 0.493 e. The average molecular weight is 618 g/mol. The molecular formula is C33H38FN6O5+. The fourth-order valence-corrected chi connectivity index (χ4v) is 5.49. The molecule has 4 aromatic rings. The van der Waals surface area contributed by atoms with E-state index in [9.17, 15) is 14.0 Å². The third-order valence-corrected chi connectivity index (χ3v) is 7.90. The lowest BCUT2D eigenvalue weighted by Gasteiger charge is -2.41. The van der Waals surface area contributed by atoms with E-state index in [4.69, 9.17) is 14.2 Å². The molecule has 0 unspecified atom stereocenters. The molecule has 1 fully saturated rings. The molecule has 2 amide bonds. The topological polar surface area (TPSA) is 124 Å². The maximum atomic E-state index is 13.8. The van der Waals surface area contributed by atoms with Crippen LogP contribution in [0.25, 0.3) is 10.9 Å². The normalized spacial score (nSPS) is 14.0. The minimum atomic E-state index is -0.280. The van der Waals surface area contributed by atoms with Crippen LogP contribution in [0, 0.1) is 12.7 Å². The molecule has 45 heavy (non-hydrogen) atoms. The Labute approximate surface area is 261 Å². The van der Waals surface area contributed by atoms with E-state index in [1.54, 1.807) is 26.2 Å². The van der Waals surface area contributed by atoms with E-state index in [1.807, 2.05) is 36.4 Å². The van der Waals surface area contributed by atoms with Crippen molar-refractivity contribution >= 4 is 40.4 Å². The highest BCUT2D eigenvalue weighted by Crippen LogP contribution is 2.35. The van der Waals surface area contributed by atoms with E-state index in [-0.39, 0.29) is 18.3 Å². The Morgan fingerprint density at radius 2 is 1.82 bits per heavy atom. The number of anilines is 3. The third kappa shape index (κ3) is 8.22. The van der Waals surface area contributed by atoms with Gasteiger partial charge in [-0.1, -0.05) is 12.1 Å². The van der Waals surface area contributed by atoms with Crippen LogP contribution in [0.1, 0.15) is 17.5 Å². The number of carbonyl (C=O) groups excluding carboxylic acids is 2. The SMILES string of the molecule is COc1cc2ncnc(Nc3ccc(F)c(C)c3)c2cc1OCCC[N+]1(Cc2ccc(NC(=O)CNC=O)cc2)CCOCC1. The molecule has 0 atom stereocenters. The standard InChI is InChI=1S/C33H37FN6O5/c1-23-16-26(8-9-28(23)34)39-33-27-17-31(30(43-2)18-29(27)36-21-37-33)45-13-3-10-40(11-14-44-15-12-40)20-24-4-6-25(7-5-24)38-32(42)19-35-22-41/h4-9,16-18,21-22H,3,10-15,19-20H2,1-2H3,(H2-,35,36,37,38,39,41,42)/p+1. The highest BCUT2D eigenvalue weighted by atomic mass is 19.1. The molecule has 0 saturated carbocycles. The van der Waals surface area contributed by atoms with Gasteiger partial charge in [-0.15, -0.1) is 0 Å². The number of quaternary nitrogens is 1. The second-order valence-corrected chi connectivity index (χ2v) is 11.1. The number of methoxy groups -OCH3 is 1. The van der Waals surface area contributed by atoms with Crippen LogP contribution in [0.3, 0.4) is 0 Å². The van der Waals surface area contributed by atoms with Crippen LogP contribution in [0.15, 0.2) is 60.9 Å². The fourth-order valence-electron chi connectivity index (χ4n) is 5.49. The minimum absolute atomic E-state index is 0.0695. The minimum Gasteiger partial charge on any atom is -0.493 e. The number of ether oxygens (including phenoxy) is 3. The molecule has 1 aliphatic heterocycles. The van der Waals surface area contributed by atoms with Gasteiger partial charge >= 0.3 is 0 Å². The predicted molar refractivity (Wildman–Crippen MR) is 169 cm³/mol. The van der Waals surface area contributed by atoms with E-state index < -0.39 is 0 Å². The first-order valence-electron chi connectivity index (χ1n) is 14.9. The van der Waals surface area contributed by atoms with Gasteiger partial charge in [-0.3, -0.25) is 9.59 Å². The molecule has 236 valence electrons. The molecule has 1 saturated heterocycles. The third-order valence-electron chi connectivity index (χ3n) is 7.90. The number of hydrogen-bond donors (Lipinski definition) is 3. The summed E-state index contributed by atoms with van der Waals surface area (Å²) >= 11 is 0. The van der Waals surface area contributed by atoms with Crippen molar-refractivity contribution in [2.24, 2.45) is 0 Å². The molecule has 0 radical (unpaired) electrons. The first-order valence-corrected chi connectivity index (χ1v) is 14.9. The first-order chi connectivity index (χ1) is 21.9. The summed E-state index contributed by atoms with van der Waals surface area (Å²) in [4.78, 5) is 31.2. The second kappa shape index (κ2) is 14.8. The maximum absolute atomic E-state index is 13.8. The van der Waals surface area contributed by atoms with Crippen molar-refractivity contribution < 1.29 is 32.7 Å². The Hall–Kier alpha value is -4.81. The van der Waals surface area contributed by atoms with Gasteiger partial charge in [0.05, 0.1) is 45.5 Å². The monoisotopic (exact) mass is 617 g/mol. The van der Waals surface area contributed by atoms with Crippen LogP contribution in [0.5, 0.6) is 11.5 Å². The summed E-state index contributed by atoms with van der Waals surface area (Å²) in [5.41, 5.74) is 3.79. The quantitative estimate of drug-likeness (QED) is 0.109. The molecular weight excluding hydrogens is 579 g/mol.